The van der Waals surface area contributed by atoms with E-state index in [1.807, 2.05) is 4.72 Å². The minimum Gasteiger partial charge on any atom is -0.398 e. The van der Waals surface area contributed by atoms with Crippen LogP contribution in [0.4, 0.5) is 24.5 Å². The van der Waals surface area contributed by atoms with E-state index in [9.17, 15) is 21.6 Å². The lowest BCUT2D eigenvalue weighted by atomic mass is 10.1. The normalized spacial score (nSPS) is 12.5. The van der Waals surface area contributed by atoms with Gasteiger partial charge in [-0.25, -0.2) is 0 Å². The molecule has 0 aliphatic carbocycles. The van der Waals surface area contributed by atoms with Crippen molar-refractivity contribution in [1.29, 1.82) is 0 Å². The molecule has 0 aromatic heterocycles. The Bertz CT molecular complexity index is 570. The molecular weight excluding hydrogens is 283 g/mol. The topological polar surface area (TPSA) is 84.2 Å². The van der Waals surface area contributed by atoms with Crippen LogP contribution in [-0.4, -0.2) is 21.1 Å². The largest absolute Gasteiger partial charge is 0.402 e. The van der Waals surface area contributed by atoms with Gasteiger partial charge in [0.2, 0.25) is 0 Å². The summed E-state index contributed by atoms with van der Waals surface area (Å²) in [7, 11) is -4.31. The highest BCUT2D eigenvalue weighted by Crippen LogP contribution is 2.26. The molecule has 0 saturated carbocycles. The van der Waals surface area contributed by atoms with Gasteiger partial charge in [0.25, 0.3) is 10.2 Å². The van der Waals surface area contributed by atoms with Crippen LogP contribution in [0.3, 0.4) is 0 Å². The highest BCUT2D eigenvalue weighted by atomic mass is 32.2. The third-order valence-corrected chi connectivity index (χ3v) is 3.41. The van der Waals surface area contributed by atoms with Gasteiger partial charge in [-0.2, -0.15) is 26.3 Å². The van der Waals surface area contributed by atoms with Gasteiger partial charge >= 0.3 is 6.18 Å². The van der Waals surface area contributed by atoms with Crippen LogP contribution in [0, 0.1) is 13.8 Å². The second-order valence-electron chi connectivity index (χ2n) is 4.01. The van der Waals surface area contributed by atoms with Gasteiger partial charge in [0.05, 0.1) is 5.69 Å². The van der Waals surface area contributed by atoms with Crippen LogP contribution >= 0.6 is 0 Å². The molecule has 0 atom stereocenters. The SMILES string of the molecule is Cc1ccc(N)c(C)c1NS(=O)(=O)NCC(F)(F)F. The Balaban J connectivity index is 2.93. The fraction of sp³-hybridized carbons (Fsp3) is 0.400. The van der Waals surface area contributed by atoms with Gasteiger partial charge in [-0.15, -0.1) is 0 Å². The molecule has 5 nitrogen and oxygen atoms in total. The van der Waals surface area contributed by atoms with Crippen LogP contribution in [0.2, 0.25) is 0 Å². The molecular formula is C10H14F3N3O2S. The molecule has 1 aromatic rings. The van der Waals surface area contributed by atoms with Crippen LogP contribution in [0.15, 0.2) is 12.1 Å². The number of aryl methyl sites for hydroxylation is 1. The van der Waals surface area contributed by atoms with E-state index in [2.05, 4.69) is 0 Å². The maximum absolute atomic E-state index is 12.0. The summed E-state index contributed by atoms with van der Waals surface area (Å²) in [4.78, 5) is 0. The molecule has 1 rings (SSSR count). The molecule has 9 heteroatoms. The van der Waals surface area contributed by atoms with Crippen molar-refractivity contribution >= 4 is 21.6 Å². The van der Waals surface area contributed by atoms with E-state index in [1.54, 1.807) is 26.0 Å². The van der Waals surface area contributed by atoms with E-state index in [4.69, 9.17) is 5.73 Å². The summed E-state index contributed by atoms with van der Waals surface area (Å²) in [6.45, 7) is 1.56. The standard InChI is InChI=1S/C10H14F3N3O2S/c1-6-3-4-8(14)7(2)9(6)16-19(17,18)15-5-10(11,12)13/h3-4,15-16H,5,14H2,1-2H3. The highest BCUT2D eigenvalue weighted by Gasteiger charge is 2.29. The maximum atomic E-state index is 12.0. The predicted octanol–water partition coefficient (Wildman–Crippen LogP) is 1.69. The first kappa shape index (κ1) is 15.6. The Hall–Kier alpha value is -1.48. The van der Waals surface area contributed by atoms with Crippen LogP contribution in [-0.2, 0) is 10.2 Å². The molecule has 108 valence electrons. The first-order valence-electron chi connectivity index (χ1n) is 5.21. The van der Waals surface area contributed by atoms with Crippen molar-refractivity contribution in [3.8, 4) is 0 Å². The van der Waals surface area contributed by atoms with Crippen LogP contribution in [0.25, 0.3) is 0 Å². The second-order valence-corrected chi connectivity index (χ2v) is 5.51. The molecule has 19 heavy (non-hydrogen) atoms. The number of alkyl halides is 3. The number of nitrogens with two attached hydrogens (primary N) is 1. The first-order valence-corrected chi connectivity index (χ1v) is 6.70. The van der Waals surface area contributed by atoms with Crippen LogP contribution in [0.1, 0.15) is 11.1 Å². The number of hydrogen-bond donors (Lipinski definition) is 3. The smallest absolute Gasteiger partial charge is 0.398 e. The highest BCUT2D eigenvalue weighted by molar-refractivity contribution is 7.90. The van der Waals surface area contributed by atoms with Gasteiger partial charge in [0, 0.05) is 5.69 Å². The number of anilines is 2. The summed E-state index contributed by atoms with van der Waals surface area (Å²) in [6, 6.07) is 3.16. The molecule has 4 N–H and O–H groups in total. The molecule has 0 saturated heterocycles. The van der Waals surface area contributed by atoms with E-state index in [0.29, 0.717) is 16.8 Å². The number of rotatable bonds is 4. The van der Waals surface area contributed by atoms with Crippen LogP contribution < -0.4 is 15.2 Å². The van der Waals surface area contributed by atoms with Crippen molar-refractivity contribution in [2.45, 2.75) is 20.0 Å². The monoisotopic (exact) mass is 297 g/mol. The average molecular weight is 297 g/mol. The van der Waals surface area contributed by atoms with Crippen molar-refractivity contribution in [2.75, 3.05) is 17.0 Å². The lowest BCUT2D eigenvalue weighted by Crippen LogP contribution is -2.37. The van der Waals surface area contributed by atoms with E-state index >= 15 is 0 Å². The van der Waals surface area contributed by atoms with Gasteiger partial charge in [0.1, 0.15) is 6.54 Å². The van der Waals surface area contributed by atoms with Crippen molar-refractivity contribution in [3.05, 3.63) is 23.3 Å². The van der Waals surface area contributed by atoms with Crippen molar-refractivity contribution in [2.24, 2.45) is 0 Å². The summed E-state index contributed by atoms with van der Waals surface area (Å²) in [5.74, 6) is 0. The van der Waals surface area contributed by atoms with Gasteiger partial charge in [-0.1, -0.05) is 6.07 Å². The lowest BCUT2D eigenvalue weighted by Gasteiger charge is -2.15. The molecule has 0 spiro atoms. The minimum atomic E-state index is -4.62. The summed E-state index contributed by atoms with van der Waals surface area (Å²) < 4.78 is 62.4. The van der Waals surface area contributed by atoms with Crippen molar-refractivity contribution < 1.29 is 21.6 Å². The molecule has 0 aliphatic rings. The Kier molecular flexibility index (Phi) is 4.31. The van der Waals surface area contributed by atoms with E-state index in [-0.39, 0.29) is 5.69 Å². The lowest BCUT2D eigenvalue weighted by molar-refractivity contribution is -0.121. The zero-order chi connectivity index (χ0) is 14.8. The molecule has 0 heterocycles. The zero-order valence-corrected chi connectivity index (χ0v) is 11.1. The van der Waals surface area contributed by atoms with Crippen molar-refractivity contribution in [3.63, 3.8) is 0 Å². The Morgan fingerprint density at radius 3 is 2.37 bits per heavy atom. The fourth-order valence-electron chi connectivity index (χ4n) is 1.37. The number of nitrogens with one attached hydrogen (secondary N) is 2. The molecule has 1 aromatic carbocycles. The van der Waals surface area contributed by atoms with E-state index in [1.165, 1.54) is 4.72 Å². The van der Waals surface area contributed by atoms with Crippen molar-refractivity contribution in [1.82, 2.24) is 4.72 Å². The fourth-order valence-corrected chi connectivity index (χ4v) is 2.38. The number of nitrogen functional groups attached to an aromatic ring is 1. The number of benzene rings is 1. The molecule has 0 bridgehead atoms. The molecule has 0 fully saturated rings. The first-order chi connectivity index (χ1) is 8.52. The van der Waals surface area contributed by atoms with Gasteiger partial charge in [-0.3, -0.25) is 4.72 Å². The van der Waals surface area contributed by atoms with Crippen LogP contribution in [0.5, 0.6) is 0 Å². The third-order valence-electron chi connectivity index (χ3n) is 2.41. The minimum absolute atomic E-state index is 0.176. The molecule has 0 radical (unpaired) electrons. The number of halogens is 3. The zero-order valence-electron chi connectivity index (χ0n) is 10.3. The number of hydrogen-bond acceptors (Lipinski definition) is 3. The second kappa shape index (κ2) is 5.25. The average Bonchev–Trinajstić information content (AvgIpc) is 2.27. The van der Waals surface area contributed by atoms with Gasteiger partial charge in [0.15, 0.2) is 0 Å². The maximum Gasteiger partial charge on any atom is 0.402 e. The van der Waals surface area contributed by atoms with Gasteiger partial charge in [-0.05, 0) is 31.0 Å². The Morgan fingerprint density at radius 1 is 1.26 bits per heavy atom. The summed E-state index contributed by atoms with van der Waals surface area (Å²) >= 11 is 0. The quantitative estimate of drug-likeness (QED) is 0.739. The summed E-state index contributed by atoms with van der Waals surface area (Å²) in [6.07, 6.45) is -4.62. The molecule has 0 aliphatic heterocycles. The molecule has 0 amide bonds. The molecule has 0 unspecified atom stereocenters. The Morgan fingerprint density at radius 2 is 1.84 bits per heavy atom. The van der Waals surface area contributed by atoms with E-state index in [0.717, 1.165) is 0 Å². The van der Waals surface area contributed by atoms with E-state index < -0.39 is 22.9 Å². The summed E-state index contributed by atoms with van der Waals surface area (Å²) in [5, 5.41) is 0. The third kappa shape index (κ3) is 4.60. The Labute approximate surface area is 109 Å². The van der Waals surface area contributed by atoms with Gasteiger partial charge < -0.3 is 5.73 Å². The summed E-state index contributed by atoms with van der Waals surface area (Å²) in [5.41, 5.74) is 7.15. The predicted molar refractivity (Wildman–Crippen MR) is 66.9 cm³/mol.